The Morgan fingerprint density at radius 3 is 3.05 bits per heavy atom. The highest BCUT2D eigenvalue weighted by molar-refractivity contribution is 7.80. The summed E-state index contributed by atoms with van der Waals surface area (Å²) in [7, 11) is 0. The van der Waals surface area contributed by atoms with E-state index in [1.807, 2.05) is 18.3 Å². The van der Waals surface area contributed by atoms with E-state index in [9.17, 15) is 0 Å². The molecule has 1 aromatic rings. The lowest BCUT2D eigenvalue weighted by Crippen LogP contribution is -2.39. The molecule has 2 N–H and O–H groups in total. The molecule has 4 nitrogen and oxygen atoms in total. The number of rotatable bonds is 5. The first kappa shape index (κ1) is 14.2. The fourth-order valence-corrected chi connectivity index (χ4v) is 2.43. The molecule has 1 unspecified atom stereocenters. The maximum atomic E-state index is 5.84. The zero-order valence-corrected chi connectivity index (χ0v) is 12.2. The molecule has 2 heterocycles. The molecule has 1 aromatic heterocycles. The second kappa shape index (κ2) is 6.82. The zero-order valence-electron chi connectivity index (χ0n) is 11.3. The van der Waals surface area contributed by atoms with Gasteiger partial charge in [0.2, 0.25) is 0 Å². The number of aromatic nitrogens is 1. The lowest BCUT2D eigenvalue weighted by Gasteiger charge is -2.34. The van der Waals surface area contributed by atoms with Crippen molar-refractivity contribution in [1.29, 1.82) is 0 Å². The van der Waals surface area contributed by atoms with Gasteiger partial charge >= 0.3 is 0 Å². The van der Waals surface area contributed by atoms with Crippen LogP contribution in [0.1, 0.15) is 31.9 Å². The summed E-state index contributed by atoms with van der Waals surface area (Å²) in [6.07, 6.45) is 5.56. The van der Waals surface area contributed by atoms with Crippen LogP contribution in [0.25, 0.3) is 0 Å². The number of piperidine rings is 1. The molecule has 5 heteroatoms. The molecule has 0 aliphatic carbocycles. The highest BCUT2D eigenvalue weighted by atomic mass is 32.1. The van der Waals surface area contributed by atoms with Gasteiger partial charge in [-0.1, -0.05) is 19.1 Å². The van der Waals surface area contributed by atoms with Crippen LogP contribution in [0, 0.1) is 0 Å². The molecule has 104 valence electrons. The molecule has 2 rings (SSSR count). The average molecular weight is 279 g/mol. The van der Waals surface area contributed by atoms with Crippen molar-refractivity contribution in [3.05, 3.63) is 24.0 Å². The van der Waals surface area contributed by atoms with Gasteiger partial charge in [-0.2, -0.15) is 0 Å². The second-order valence-corrected chi connectivity index (χ2v) is 5.29. The molecule has 0 saturated carbocycles. The lowest BCUT2D eigenvalue weighted by atomic mass is 10.1. The number of ether oxygens (including phenoxy) is 1. The summed E-state index contributed by atoms with van der Waals surface area (Å²) in [5.41, 5.74) is 7.35. The lowest BCUT2D eigenvalue weighted by molar-refractivity contribution is 0.0440. The summed E-state index contributed by atoms with van der Waals surface area (Å²) in [5.74, 6) is 0. The predicted molar refractivity (Wildman–Crippen MR) is 81.6 cm³/mol. The first-order valence-electron chi connectivity index (χ1n) is 6.83. The molecular weight excluding hydrogens is 258 g/mol. The molecule has 0 spiro atoms. The molecule has 1 atom stereocenters. The fraction of sp³-hybridized carbons (Fsp3) is 0.571. The van der Waals surface area contributed by atoms with Crippen LogP contribution in [0.4, 0.5) is 5.69 Å². The average Bonchev–Trinajstić information content (AvgIpc) is 2.45. The maximum Gasteiger partial charge on any atom is 0.122 e. The van der Waals surface area contributed by atoms with Crippen molar-refractivity contribution >= 4 is 22.9 Å². The minimum absolute atomic E-state index is 0.337. The number of hydrogen-bond acceptors (Lipinski definition) is 4. The van der Waals surface area contributed by atoms with Crippen LogP contribution in [0.5, 0.6) is 0 Å². The molecule has 19 heavy (non-hydrogen) atoms. The summed E-state index contributed by atoms with van der Waals surface area (Å²) in [5, 5.41) is 0. The first-order chi connectivity index (χ1) is 9.20. The van der Waals surface area contributed by atoms with E-state index in [1.54, 1.807) is 0 Å². The minimum Gasteiger partial charge on any atom is -0.388 e. The predicted octanol–water partition coefficient (Wildman–Crippen LogP) is 2.11. The topological polar surface area (TPSA) is 51.4 Å². The van der Waals surface area contributed by atoms with Gasteiger partial charge in [0.1, 0.15) is 4.99 Å². The van der Waals surface area contributed by atoms with Gasteiger partial charge in [0.15, 0.2) is 0 Å². The van der Waals surface area contributed by atoms with Crippen molar-refractivity contribution in [2.75, 3.05) is 24.6 Å². The van der Waals surface area contributed by atoms with Gasteiger partial charge in [0.05, 0.1) is 23.7 Å². The third kappa shape index (κ3) is 3.88. The maximum absolute atomic E-state index is 5.84. The second-order valence-electron chi connectivity index (χ2n) is 4.85. The summed E-state index contributed by atoms with van der Waals surface area (Å²) in [4.78, 5) is 6.95. The van der Waals surface area contributed by atoms with Gasteiger partial charge in [0.25, 0.3) is 0 Å². The van der Waals surface area contributed by atoms with Crippen LogP contribution in [0.2, 0.25) is 0 Å². The van der Waals surface area contributed by atoms with Crippen LogP contribution in [0.15, 0.2) is 18.3 Å². The van der Waals surface area contributed by atoms with Crippen LogP contribution < -0.4 is 10.6 Å². The SMILES string of the molecule is CCCOC1CCCN(c2ccc(C(N)=S)nc2)C1. The van der Waals surface area contributed by atoms with Crippen LogP contribution in [0.3, 0.4) is 0 Å². The van der Waals surface area contributed by atoms with E-state index in [2.05, 4.69) is 16.8 Å². The van der Waals surface area contributed by atoms with Gasteiger partial charge in [0, 0.05) is 19.7 Å². The highest BCUT2D eigenvalue weighted by Gasteiger charge is 2.20. The van der Waals surface area contributed by atoms with Crippen molar-refractivity contribution in [2.24, 2.45) is 5.73 Å². The largest absolute Gasteiger partial charge is 0.388 e. The Balaban J connectivity index is 1.98. The molecule has 0 bridgehead atoms. The van der Waals surface area contributed by atoms with Crippen LogP contribution in [-0.2, 0) is 4.74 Å². The number of hydrogen-bond donors (Lipinski definition) is 1. The summed E-state index contributed by atoms with van der Waals surface area (Å²) in [6, 6.07) is 3.91. The summed E-state index contributed by atoms with van der Waals surface area (Å²) < 4.78 is 5.84. The molecule has 0 radical (unpaired) electrons. The standard InChI is InChI=1S/C14H21N3OS/c1-2-8-18-12-4-3-7-17(10-12)11-5-6-13(14(15)19)16-9-11/h5-6,9,12H,2-4,7-8,10H2,1H3,(H2,15,19). The van der Waals surface area contributed by atoms with E-state index in [-0.39, 0.29) is 0 Å². The van der Waals surface area contributed by atoms with Gasteiger partial charge in [-0.05, 0) is 31.4 Å². The van der Waals surface area contributed by atoms with Crippen LogP contribution >= 0.6 is 12.2 Å². The number of pyridine rings is 1. The zero-order chi connectivity index (χ0) is 13.7. The van der Waals surface area contributed by atoms with E-state index in [0.717, 1.165) is 44.6 Å². The number of nitrogens with two attached hydrogens (primary N) is 1. The molecular formula is C14H21N3OS. The van der Waals surface area contributed by atoms with Crippen molar-refractivity contribution in [3.63, 3.8) is 0 Å². The van der Waals surface area contributed by atoms with Crippen molar-refractivity contribution in [3.8, 4) is 0 Å². The monoisotopic (exact) mass is 279 g/mol. The van der Waals surface area contributed by atoms with E-state index < -0.39 is 0 Å². The van der Waals surface area contributed by atoms with Crippen molar-refractivity contribution < 1.29 is 4.74 Å². The molecule has 1 saturated heterocycles. The Kier molecular flexibility index (Phi) is 5.10. The first-order valence-corrected chi connectivity index (χ1v) is 7.24. The number of anilines is 1. The van der Waals surface area contributed by atoms with E-state index >= 15 is 0 Å². The van der Waals surface area contributed by atoms with Crippen molar-refractivity contribution in [1.82, 2.24) is 4.98 Å². The Bertz CT molecular complexity index is 421. The molecule has 0 aromatic carbocycles. The summed E-state index contributed by atoms with van der Waals surface area (Å²) in [6.45, 7) is 4.98. The Labute approximate surface area is 120 Å². The highest BCUT2D eigenvalue weighted by Crippen LogP contribution is 2.21. The van der Waals surface area contributed by atoms with Crippen molar-refractivity contribution in [2.45, 2.75) is 32.3 Å². The van der Waals surface area contributed by atoms with E-state index in [0.29, 0.717) is 16.8 Å². The summed E-state index contributed by atoms with van der Waals surface area (Å²) >= 11 is 4.91. The Morgan fingerprint density at radius 1 is 1.58 bits per heavy atom. The van der Waals surface area contributed by atoms with Crippen LogP contribution in [-0.4, -0.2) is 35.8 Å². The third-order valence-corrected chi connectivity index (χ3v) is 3.51. The van der Waals surface area contributed by atoms with E-state index in [1.165, 1.54) is 0 Å². The Morgan fingerprint density at radius 2 is 2.42 bits per heavy atom. The van der Waals surface area contributed by atoms with Gasteiger partial charge in [-0.25, -0.2) is 0 Å². The molecule has 1 fully saturated rings. The van der Waals surface area contributed by atoms with Gasteiger partial charge < -0.3 is 15.4 Å². The normalized spacial score (nSPS) is 19.4. The molecule has 0 amide bonds. The minimum atomic E-state index is 0.337. The number of thiocarbonyl (C=S) groups is 1. The third-order valence-electron chi connectivity index (χ3n) is 3.30. The van der Waals surface area contributed by atoms with Gasteiger partial charge in [-0.3, -0.25) is 4.98 Å². The smallest absolute Gasteiger partial charge is 0.122 e. The Hall–Kier alpha value is -1.20. The van der Waals surface area contributed by atoms with Gasteiger partial charge in [-0.15, -0.1) is 0 Å². The van der Waals surface area contributed by atoms with E-state index in [4.69, 9.17) is 22.7 Å². The fourth-order valence-electron chi connectivity index (χ4n) is 2.31. The number of nitrogens with zero attached hydrogens (tertiary/aromatic N) is 2. The molecule has 1 aliphatic rings. The quantitative estimate of drug-likeness (QED) is 0.837. The molecule has 1 aliphatic heterocycles.